The van der Waals surface area contributed by atoms with Crippen molar-refractivity contribution in [2.24, 2.45) is 0 Å². The molecule has 1 heterocycles. The quantitative estimate of drug-likeness (QED) is 0.767. The zero-order valence-electron chi connectivity index (χ0n) is 9.90. The average Bonchev–Trinajstić information content (AvgIpc) is 2.32. The second-order valence-electron chi connectivity index (χ2n) is 4.01. The number of benzene rings is 1. The maximum absolute atomic E-state index is 5.97. The molecular weight excluding hydrogens is 234 g/mol. The van der Waals surface area contributed by atoms with Gasteiger partial charge in [-0.15, -0.1) is 0 Å². The van der Waals surface area contributed by atoms with E-state index in [1.807, 2.05) is 32.0 Å². The molecule has 0 fully saturated rings. The Morgan fingerprint density at radius 1 is 1.24 bits per heavy atom. The smallest absolute Gasteiger partial charge is 0.135 e. The topological polar surface area (TPSA) is 22.1 Å². The molecule has 2 aromatic rings. The molecule has 0 saturated heterocycles. The molecular formula is C14H14ClNO. The first kappa shape index (κ1) is 11.9. The summed E-state index contributed by atoms with van der Waals surface area (Å²) >= 11 is 5.97. The summed E-state index contributed by atoms with van der Waals surface area (Å²) in [6, 6.07) is 9.92. The van der Waals surface area contributed by atoms with Gasteiger partial charge in [-0.1, -0.05) is 29.8 Å². The Morgan fingerprint density at radius 2 is 2.06 bits per heavy atom. The summed E-state index contributed by atoms with van der Waals surface area (Å²) in [5.74, 6) is 0.893. The van der Waals surface area contributed by atoms with Gasteiger partial charge in [-0.3, -0.25) is 0 Å². The molecule has 0 saturated carbocycles. The lowest BCUT2D eigenvalue weighted by Gasteiger charge is -2.10. The highest BCUT2D eigenvalue weighted by molar-refractivity contribution is 6.30. The zero-order chi connectivity index (χ0) is 12.3. The lowest BCUT2D eigenvalue weighted by atomic mass is 10.1. The lowest BCUT2D eigenvalue weighted by molar-refractivity contribution is 0.303. The molecule has 0 unspecified atom stereocenters. The van der Waals surface area contributed by atoms with Crippen LogP contribution < -0.4 is 4.74 Å². The zero-order valence-corrected chi connectivity index (χ0v) is 10.7. The molecule has 17 heavy (non-hydrogen) atoms. The number of halogens is 1. The van der Waals surface area contributed by atoms with Crippen molar-refractivity contribution in [1.82, 2.24) is 4.98 Å². The SMILES string of the molecule is Cc1ccc(C)c(OCc2cccnc2Cl)c1. The molecule has 1 aromatic carbocycles. The fourth-order valence-corrected chi connectivity index (χ4v) is 1.72. The predicted molar refractivity (Wildman–Crippen MR) is 69.5 cm³/mol. The van der Waals surface area contributed by atoms with E-state index in [-0.39, 0.29) is 0 Å². The van der Waals surface area contributed by atoms with Gasteiger partial charge in [0.05, 0.1) is 0 Å². The summed E-state index contributed by atoms with van der Waals surface area (Å²) in [6.45, 7) is 4.51. The molecule has 0 atom stereocenters. The molecule has 0 aliphatic rings. The van der Waals surface area contributed by atoms with E-state index in [0.717, 1.165) is 16.9 Å². The first-order valence-electron chi connectivity index (χ1n) is 5.46. The van der Waals surface area contributed by atoms with Crippen LogP contribution in [0.25, 0.3) is 0 Å². The number of hydrogen-bond acceptors (Lipinski definition) is 2. The van der Waals surface area contributed by atoms with Crippen molar-refractivity contribution in [3.63, 3.8) is 0 Å². The maximum atomic E-state index is 5.97. The van der Waals surface area contributed by atoms with Crippen LogP contribution in [0.2, 0.25) is 5.15 Å². The Labute approximate surface area is 106 Å². The number of aryl methyl sites for hydroxylation is 2. The molecule has 0 aliphatic heterocycles. The van der Waals surface area contributed by atoms with Crippen molar-refractivity contribution in [3.05, 3.63) is 58.4 Å². The third kappa shape index (κ3) is 2.98. The molecule has 2 rings (SSSR count). The number of hydrogen-bond donors (Lipinski definition) is 0. The van der Waals surface area contributed by atoms with Crippen LogP contribution in [-0.2, 0) is 6.61 Å². The molecule has 0 aliphatic carbocycles. The highest BCUT2D eigenvalue weighted by Gasteiger charge is 2.03. The van der Waals surface area contributed by atoms with Crippen molar-refractivity contribution in [1.29, 1.82) is 0 Å². The van der Waals surface area contributed by atoms with Crippen LogP contribution >= 0.6 is 11.6 Å². The van der Waals surface area contributed by atoms with Crippen LogP contribution in [0.4, 0.5) is 0 Å². The highest BCUT2D eigenvalue weighted by Crippen LogP contribution is 2.21. The molecule has 0 radical (unpaired) electrons. The minimum absolute atomic E-state index is 0.441. The van der Waals surface area contributed by atoms with Gasteiger partial charge in [-0.25, -0.2) is 4.98 Å². The molecule has 3 heteroatoms. The van der Waals surface area contributed by atoms with Gasteiger partial charge in [0, 0.05) is 11.8 Å². The summed E-state index contributed by atoms with van der Waals surface area (Å²) in [5, 5.41) is 0.498. The number of ether oxygens (including phenoxy) is 1. The normalized spacial score (nSPS) is 10.3. The lowest BCUT2D eigenvalue weighted by Crippen LogP contribution is -1.98. The second kappa shape index (κ2) is 5.19. The van der Waals surface area contributed by atoms with Gasteiger partial charge in [-0.05, 0) is 37.1 Å². The van der Waals surface area contributed by atoms with E-state index >= 15 is 0 Å². The van der Waals surface area contributed by atoms with Gasteiger partial charge < -0.3 is 4.74 Å². The van der Waals surface area contributed by atoms with Crippen molar-refractivity contribution in [2.75, 3.05) is 0 Å². The first-order valence-corrected chi connectivity index (χ1v) is 5.84. The van der Waals surface area contributed by atoms with Crippen molar-refractivity contribution in [2.45, 2.75) is 20.5 Å². The average molecular weight is 248 g/mol. The summed E-state index contributed by atoms with van der Waals surface area (Å²) in [4.78, 5) is 4.02. The van der Waals surface area contributed by atoms with Gasteiger partial charge in [0.15, 0.2) is 0 Å². The largest absolute Gasteiger partial charge is 0.489 e. The van der Waals surface area contributed by atoms with Gasteiger partial charge in [0.1, 0.15) is 17.5 Å². The summed E-state index contributed by atoms with van der Waals surface area (Å²) in [5.41, 5.74) is 3.20. The number of rotatable bonds is 3. The Balaban J connectivity index is 2.12. The number of nitrogens with zero attached hydrogens (tertiary/aromatic N) is 1. The van der Waals surface area contributed by atoms with Crippen LogP contribution in [0.15, 0.2) is 36.5 Å². The first-order chi connectivity index (χ1) is 8.16. The van der Waals surface area contributed by atoms with Crippen molar-refractivity contribution in [3.8, 4) is 5.75 Å². The summed E-state index contributed by atoms with van der Waals surface area (Å²) < 4.78 is 5.76. The number of pyridine rings is 1. The Kier molecular flexibility index (Phi) is 3.64. The van der Waals surface area contributed by atoms with Crippen molar-refractivity contribution < 1.29 is 4.74 Å². The van der Waals surface area contributed by atoms with E-state index < -0.39 is 0 Å². The minimum atomic E-state index is 0.441. The third-order valence-corrected chi connectivity index (χ3v) is 2.90. The van der Waals surface area contributed by atoms with Crippen LogP contribution in [-0.4, -0.2) is 4.98 Å². The van der Waals surface area contributed by atoms with E-state index in [1.54, 1.807) is 6.20 Å². The fourth-order valence-electron chi connectivity index (χ4n) is 1.55. The molecule has 0 amide bonds. The van der Waals surface area contributed by atoms with Crippen LogP contribution in [0.3, 0.4) is 0 Å². The monoisotopic (exact) mass is 247 g/mol. The van der Waals surface area contributed by atoms with Gasteiger partial charge >= 0.3 is 0 Å². The van der Waals surface area contributed by atoms with E-state index in [9.17, 15) is 0 Å². The third-order valence-electron chi connectivity index (χ3n) is 2.56. The molecule has 88 valence electrons. The van der Waals surface area contributed by atoms with E-state index in [4.69, 9.17) is 16.3 Å². The molecule has 1 aromatic heterocycles. The molecule has 0 spiro atoms. The van der Waals surface area contributed by atoms with E-state index in [1.165, 1.54) is 5.56 Å². The van der Waals surface area contributed by atoms with Gasteiger partial charge in [0.25, 0.3) is 0 Å². The maximum Gasteiger partial charge on any atom is 0.135 e. The van der Waals surface area contributed by atoms with E-state index in [0.29, 0.717) is 11.8 Å². The fraction of sp³-hybridized carbons (Fsp3) is 0.214. The minimum Gasteiger partial charge on any atom is -0.489 e. The molecule has 0 bridgehead atoms. The standard InChI is InChI=1S/C14H14ClNO/c1-10-5-6-11(2)13(8-10)17-9-12-4-3-7-16-14(12)15/h3-8H,9H2,1-2H3. The molecule has 2 nitrogen and oxygen atoms in total. The van der Waals surface area contributed by atoms with Crippen LogP contribution in [0.1, 0.15) is 16.7 Å². The van der Waals surface area contributed by atoms with Gasteiger partial charge in [-0.2, -0.15) is 0 Å². The molecule has 0 N–H and O–H groups in total. The van der Waals surface area contributed by atoms with Crippen LogP contribution in [0.5, 0.6) is 5.75 Å². The Morgan fingerprint density at radius 3 is 2.82 bits per heavy atom. The van der Waals surface area contributed by atoms with Gasteiger partial charge in [0.2, 0.25) is 0 Å². The summed E-state index contributed by atoms with van der Waals surface area (Å²) in [7, 11) is 0. The van der Waals surface area contributed by atoms with Crippen LogP contribution in [0, 0.1) is 13.8 Å². The van der Waals surface area contributed by atoms with E-state index in [2.05, 4.69) is 17.1 Å². The highest BCUT2D eigenvalue weighted by atomic mass is 35.5. The predicted octanol–water partition coefficient (Wildman–Crippen LogP) is 3.93. The Hall–Kier alpha value is -1.54. The number of aromatic nitrogens is 1. The Bertz CT molecular complexity index is 525. The van der Waals surface area contributed by atoms with Crippen molar-refractivity contribution >= 4 is 11.6 Å². The second-order valence-corrected chi connectivity index (χ2v) is 4.37. The summed E-state index contributed by atoms with van der Waals surface area (Å²) in [6.07, 6.45) is 1.67.